The Morgan fingerprint density at radius 2 is 0.986 bits per heavy atom. The molecule has 1 aliphatic heterocycles. The molecule has 1 aliphatic rings. The predicted octanol–water partition coefficient (Wildman–Crippen LogP) is 13.4. The van der Waals surface area contributed by atoms with Gasteiger partial charge in [-0.1, -0.05) is 215 Å². The number of carbonyl (C=O) groups is 2. The summed E-state index contributed by atoms with van der Waals surface area (Å²) in [5.41, 5.74) is 0. The average Bonchev–Trinajstić information content (AvgIpc) is 3.39. The summed E-state index contributed by atoms with van der Waals surface area (Å²) >= 11 is 0. The molecule has 73 heavy (non-hydrogen) atoms. The second-order valence-corrected chi connectivity index (χ2v) is 20.0. The number of nitrogens with one attached hydrogen (secondary N) is 1. The van der Waals surface area contributed by atoms with Gasteiger partial charge < -0.3 is 45.1 Å². The Balaban J connectivity index is 2.74. The number of aliphatic hydroxyl groups is 5. The van der Waals surface area contributed by atoms with Crippen molar-refractivity contribution in [1.82, 2.24) is 5.32 Å². The molecule has 6 N–H and O–H groups in total. The Bertz CT molecular complexity index is 1510. The molecule has 0 aromatic rings. The molecule has 0 bridgehead atoms. The fraction of sp³-hybridized carbons (Fsp3) is 0.742. The number of unbranched alkanes of at least 4 members (excludes halogenated alkanes) is 22. The zero-order valence-corrected chi connectivity index (χ0v) is 46.2. The highest BCUT2D eigenvalue weighted by Crippen LogP contribution is 2.26. The van der Waals surface area contributed by atoms with E-state index in [4.69, 9.17) is 14.2 Å². The molecular formula is C62H107NO10. The van der Waals surface area contributed by atoms with E-state index in [1.54, 1.807) is 6.08 Å². The monoisotopic (exact) mass is 1030 g/mol. The highest BCUT2D eigenvalue weighted by atomic mass is 16.7. The largest absolute Gasteiger partial charge is 0.454 e. The van der Waals surface area contributed by atoms with Crippen LogP contribution in [0.3, 0.4) is 0 Å². The SMILES string of the molecule is CC/C=C/C/C=C/C/C=C/CCCCCCC(=O)OC1C(OCC(NC(=O)C(O)CCCCCCC/C=C\C/C=C\C/C=C\CCCCC)C(O)/C=C/CCCCCCCCCCCC)OC(CO)C(O)C1O. The van der Waals surface area contributed by atoms with Crippen molar-refractivity contribution >= 4 is 11.9 Å². The maximum Gasteiger partial charge on any atom is 0.306 e. The zero-order valence-electron chi connectivity index (χ0n) is 46.2. The molecule has 1 heterocycles. The van der Waals surface area contributed by atoms with Crippen molar-refractivity contribution in [3.63, 3.8) is 0 Å². The minimum absolute atomic E-state index is 0.0922. The minimum Gasteiger partial charge on any atom is -0.454 e. The summed E-state index contributed by atoms with van der Waals surface area (Å²) in [6, 6.07) is -1.04. The van der Waals surface area contributed by atoms with Crippen molar-refractivity contribution in [3.05, 3.63) is 85.1 Å². The number of esters is 1. The molecule has 0 aromatic carbocycles. The number of allylic oxidation sites excluding steroid dienone is 13. The molecule has 8 atom stereocenters. The van der Waals surface area contributed by atoms with E-state index in [2.05, 4.69) is 99.0 Å². The summed E-state index contributed by atoms with van der Waals surface area (Å²) < 4.78 is 17.5. The van der Waals surface area contributed by atoms with Gasteiger partial charge in [-0.05, 0) is 96.3 Å². The fourth-order valence-corrected chi connectivity index (χ4v) is 8.61. The lowest BCUT2D eigenvalue weighted by Gasteiger charge is -2.41. The van der Waals surface area contributed by atoms with Gasteiger partial charge in [-0.3, -0.25) is 9.59 Å². The van der Waals surface area contributed by atoms with Gasteiger partial charge in [0.25, 0.3) is 0 Å². The first kappa shape index (κ1) is 67.9. The van der Waals surface area contributed by atoms with Crippen molar-refractivity contribution in [2.45, 2.75) is 282 Å². The molecule has 0 aliphatic carbocycles. The summed E-state index contributed by atoms with van der Waals surface area (Å²) in [5, 5.41) is 56.8. The lowest BCUT2D eigenvalue weighted by molar-refractivity contribution is -0.305. The standard InChI is InChI=1S/C62H107NO10/c1-4-7-10-13-16-19-22-25-27-28-29-30-31-34-37-40-43-46-49-55(66)61(70)63-53(54(65)48-45-42-39-36-33-24-21-18-15-12-9-6-3)52-71-62-60(59(69)58(68)56(51-64)72-62)73-57(67)50-47-44-41-38-35-32-26-23-20-17-14-11-8-5-2/h8,11,16-17,19-20,25-27,29-30,32,45,48,53-56,58-60,62,64-66,68-69H,4-7,9-10,12-15,18,21-24,28,31,33-44,46-47,49-52H2,1-3H3,(H,63,70)/b11-8+,19-16-,20-17+,27-25-,30-29-,32-26+,48-45+. The van der Waals surface area contributed by atoms with Crippen molar-refractivity contribution in [1.29, 1.82) is 0 Å². The van der Waals surface area contributed by atoms with E-state index in [1.165, 1.54) is 77.0 Å². The van der Waals surface area contributed by atoms with Crippen LogP contribution in [0.15, 0.2) is 85.1 Å². The highest BCUT2D eigenvalue weighted by molar-refractivity contribution is 5.80. The topological polar surface area (TPSA) is 175 Å². The van der Waals surface area contributed by atoms with E-state index in [0.29, 0.717) is 12.8 Å². The van der Waals surface area contributed by atoms with E-state index in [-0.39, 0.29) is 19.4 Å². The van der Waals surface area contributed by atoms with Crippen molar-refractivity contribution in [2.24, 2.45) is 0 Å². The van der Waals surface area contributed by atoms with E-state index in [0.717, 1.165) is 109 Å². The van der Waals surface area contributed by atoms with Crippen LogP contribution in [0.2, 0.25) is 0 Å². The van der Waals surface area contributed by atoms with Gasteiger partial charge >= 0.3 is 5.97 Å². The predicted molar refractivity (Wildman–Crippen MR) is 301 cm³/mol. The third-order valence-corrected chi connectivity index (χ3v) is 13.3. The smallest absolute Gasteiger partial charge is 0.306 e. The number of carbonyl (C=O) groups excluding carboxylic acids is 2. The first-order chi connectivity index (χ1) is 35.7. The van der Waals surface area contributed by atoms with Gasteiger partial charge in [-0.25, -0.2) is 0 Å². The molecular weight excluding hydrogens is 919 g/mol. The maximum absolute atomic E-state index is 13.4. The van der Waals surface area contributed by atoms with Gasteiger partial charge in [0, 0.05) is 6.42 Å². The van der Waals surface area contributed by atoms with Gasteiger partial charge in [-0.15, -0.1) is 0 Å². The number of rotatable bonds is 48. The molecule has 420 valence electrons. The first-order valence-corrected chi connectivity index (χ1v) is 29.4. The van der Waals surface area contributed by atoms with Gasteiger partial charge in [0.15, 0.2) is 12.4 Å². The Hall–Kier alpha value is -3.16. The van der Waals surface area contributed by atoms with Crippen LogP contribution in [0.5, 0.6) is 0 Å². The fourth-order valence-electron chi connectivity index (χ4n) is 8.61. The van der Waals surface area contributed by atoms with Gasteiger partial charge in [0.05, 0.1) is 25.4 Å². The Morgan fingerprint density at radius 1 is 0.548 bits per heavy atom. The molecule has 1 saturated heterocycles. The van der Waals surface area contributed by atoms with Crippen LogP contribution in [-0.4, -0.2) is 99.6 Å². The number of amides is 1. The first-order valence-electron chi connectivity index (χ1n) is 29.4. The molecule has 0 spiro atoms. The number of hydrogen-bond acceptors (Lipinski definition) is 10. The second kappa shape index (κ2) is 49.7. The van der Waals surface area contributed by atoms with Gasteiger partial charge in [0.1, 0.15) is 24.4 Å². The summed E-state index contributed by atoms with van der Waals surface area (Å²) in [6.45, 7) is 5.61. The van der Waals surface area contributed by atoms with E-state index >= 15 is 0 Å². The summed E-state index contributed by atoms with van der Waals surface area (Å²) in [5.74, 6) is -1.24. The van der Waals surface area contributed by atoms with Crippen LogP contribution < -0.4 is 5.32 Å². The molecule has 11 nitrogen and oxygen atoms in total. The Labute approximate surface area is 444 Å². The molecule has 0 aromatic heterocycles. The quantitative estimate of drug-likeness (QED) is 0.0195. The van der Waals surface area contributed by atoms with Crippen molar-refractivity contribution in [2.75, 3.05) is 13.2 Å². The summed E-state index contributed by atoms with van der Waals surface area (Å²) in [6.07, 6.45) is 53.3. The molecule has 11 heteroatoms. The molecule has 0 saturated carbocycles. The minimum atomic E-state index is -1.63. The molecule has 0 radical (unpaired) electrons. The van der Waals surface area contributed by atoms with Crippen LogP contribution in [0.25, 0.3) is 0 Å². The number of aliphatic hydroxyl groups excluding tert-OH is 5. The number of hydrogen-bond donors (Lipinski definition) is 6. The number of ether oxygens (including phenoxy) is 3. The van der Waals surface area contributed by atoms with Crippen LogP contribution in [-0.2, 0) is 23.8 Å². The molecule has 1 fully saturated rings. The Kier molecular flexibility index (Phi) is 46.2. The van der Waals surface area contributed by atoms with Gasteiger partial charge in [-0.2, -0.15) is 0 Å². The molecule has 8 unspecified atom stereocenters. The normalized spacial score (nSPS) is 20.0. The van der Waals surface area contributed by atoms with Crippen molar-refractivity contribution in [3.8, 4) is 0 Å². The summed E-state index contributed by atoms with van der Waals surface area (Å²) in [7, 11) is 0. The lowest BCUT2D eigenvalue weighted by Crippen LogP contribution is -2.61. The average molecular weight is 1030 g/mol. The lowest BCUT2D eigenvalue weighted by atomic mass is 9.99. The van der Waals surface area contributed by atoms with Crippen LogP contribution >= 0.6 is 0 Å². The highest BCUT2D eigenvalue weighted by Gasteiger charge is 2.47. The van der Waals surface area contributed by atoms with E-state index in [1.807, 2.05) is 6.08 Å². The van der Waals surface area contributed by atoms with E-state index in [9.17, 15) is 35.1 Å². The van der Waals surface area contributed by atoms with Crippen LogP contribution in [0.4, 0.5) is 0 Å². The zero-order chi connectivity index (χ0) is 53.3. The Morgan fingerprint density at radius 3 is 1.51 bits per heavy atom. The molecule has 1 amide bonds. The molecule has 1 rings (SSSR count). The van der Waals surface area contributed by atoms with Crippen LogP contribution in [0, 0.1) is 0 Å². The second-order valence-electron chi connectivity index (χ2n) is 20.0. The van der Waals surface area contributed by atoms with Crippen molar-refractivity contribution < 1.29 is 49.3 Å². The van der Waals surface area contributed by atoms with Gasteiger partial charge in [0.2, 0.25) is 5.91 Å². The van der Waals surface area contributed by atoms with Crippen LogP contribution in [0.1, 0.15) is 233 Å². The third-order valence-electron chi connectivity index (χ3n) is 13.3. The third kappa shape index (κ3) is 38.1. The maximum atomic E-state index is 13.4. The van der Waals surface area contributed by atoms with E-state index < -0.39 is 67.4 Å². The summed E-state index contributed by atoms with van der Waals surface area (Å²) in [4.78, 5) is 26.5.